The number of carboxylic acids is 1. The van der Waals surface area contributed by atoms with Crippen molar-refractivity contribution in [2.75, 3.05) is 6.54 Å². The third-order valence-corrected chi connectivity index (χ3v) is 4.16. The highest BCUT2D eigenvalue weighted by Gasteiger charge is 2.35. The molecule has 1 heterocycles. The number of aliphatic hydroxyl groups is 1. The fourth-order valence-corrected chi connectivity index (χ4v) is 3.09. The minimum Gasteiger partial charge on any atom is -0.480 e. The van der Waals surface area contributed by atoms with E-state index in [1.807, 2.05) is 0 Å². The summed E-state index contributed by atoms with van der Waals surface area (Å²) in [5.41, 5.74) is 0. The Labute approximate surface area is 107 Å². The molecule has 0 bridgehead atoms. The first-order valence-electron chi connectivity index (χ1n) is 6.80. The minimum absolute atomic E-state index is 0.0151. The molecule has 5 nitrogen and oxygen atoms in total. The quantitative estimate of drug-likeness (QED) is 0.788. The summed E-state index contributed by atoms with van der Waals surface area (Å²) >= 11 is 0. The number of aliphatic carboxylic acids is 1. The molecule has 1 saturated carbocycles. The number of carboxylic acid groups (broad SMARTS) is 1. The molecule has 0 radical (unpaired) electrons. The Hall–Kier alpha value is -1.10. The van der Waals surface area contributed by atoms with Crippen molar-refractivity contribution < 1.29 is 19.8 Å². The maximum Gasteiger partial charge on any atom is 0.326 e. The van der Waals surface area contributed by atoms with Crippen molar-refractivity contribution in [2.45, 2.75) is 57.1 Å². The maximum atomic E-state index is 12.1. The molecule has 0 aromatic heterocycles. The van der Waals surface area contributed by atoms with E-state index in [-0.39, 0.29) is 11.8 Å². The Balaban J connectivity index is 1.92. The number of nitrogens with zero attached hydrogens (tertiary/aromatic N) is 1. The molecule has 0 aromatic carbocycles. The summed E-state index contributed by atoms with van der Waals surface area (Å²) in [6.07, 6.45) is 4.92. The molecular weight excluding hydrogens is 234 g/mol. The van der Waals surface area contributed by atoms with Gasteiger partial charge in [0.15, 0.2) is 0 Å². The van der Waals surface area contributed by atoms with Gasteiger partial charge < -0.3 is 15.1 Å². The average Bonchev–Trinajstić information content (AvgIpc) is 2.81. The van der Waals surface area contributed by atoms with Crippen LogP contribution in [0.25, 0.3) is 0 Å². The lowest BCUT2D eigenvalue weighted by molar-refractivity contribution is -0.149. The van der Waals surface area contributed by atoms with Crippen LogP contribution >= 0.6 is 0 Å². The van der Waals surface area contributed by atoms with E-state index in [4.69, 9.17) is 5.11 Å². The highest BCUT2D eigenvalue weighted by atomic mass is 16.4. The van der Waals surface area contributed by atoms with Gasteiger partial charge in [-0.15, -0.1) is 0 Å². The number of hydrogen-bond acceptors (Lipinski definition) is 3. The molecule has 2 rings (SSSR count). The summed E-state index contributed by atoms with van der Waals surface area (Å²) in [4.78, 5) is 24.6. The molecule has 1 amide bonds. The molecular formula is C13H21NO4. The van der Waals surface area contributed by atoms with Gasteiger partial charge in [0.25, 0.3) is 0 Å². The van der Waals surface area contributed by atoms with Crippen molar-refractivity contribution in [3.63, 3.8) is 0 Å². The van der Waals surface area contributed by atoms with Crippen LogP contribution in [0.5, 0.6) is 0 Å². The van der Waals surface area contributed by atoms with Gasteiger partial charge in [-0.25, -0.2) is 4.79 Å². The zero-order chi connectivity index (χ0) is 13.1. The van der Waals surface area contributed by atoms with Crippen LogP contribution in [0.3, 0.4) is 0 Å². The highest BCUT2D eigenvalue weighted by molar-refractivity contribution is 5.84. The molecule has 1 saturated heterocycles. The molecule has 102 valence electrons. The molecule has 2 fully saturated rings. The number of aliphatic hydroxyl groups excluding tert-OH is 1. The predicted molar refractivity (Wildman–Crippen MR) is 65.0 cm³/mol. The van der Waals surface area contributed by atoms with Gasteiger partial charge in [-0.1, -0.05) is 12.8 Å². The summed E-state index contributed by atoms with van der Waals surface area (Å²) in [6.45, 7) is 0.540. The molecule has 2 N–H and O–H groups in total. The van der Waals surface area contributed by atoms with Crippen LogP contribution in [0.4, 0.5) is 0 Å². The Kier molecular flexibility index (Phi) is 4.22. The van der Waals surface area contributed by atoms with Crippen molar-refractivity contribution in [3.05, 3.63) is 0 Å². The molecule has 2 aliphatic rings. The molecule has 1 unspecified atom stereocenters. The lowest BCUT2D eigenvalue weighted by Gasteiger charge is -2.29. The summed E-state index contributed by atoms with van der Waals surface area (Å²) in [5.74, 6) is -1.00. The van der Waals surface area contributed by atoms with Gasteiger partial charge in [-0.3, -0.25) is 4.79 Å². The van der Waals surface area contributed by atoms with Gasteiger partial charge in [0.05, 0.1) is 6.10 Å². The largest absolute Gasteiger partial charge is 0.480 e. The molecule has 1 aliphatic carbocycles. The van der Waals surface area contributed by atoms with E-state index in [9.17, 15) is 14.7 Å². The zero-order valence-electron chi connectivity index (χ0n) is 10.5. The zero-order valence-corrected chi connectivity index (χ0v) is 10.5. The van der Waals surface area contributed by atoms with E-state index in [0.717, 1.165) is 32.1 Å². The standard InChI is InChI=1S/C13H21NO4/c15-11-6-2-1-4-9(11)8-12(16)14-7-3-5-10(14)13(17)18/h9-11,15H,1-8H2,(H,17,18)/t9-,10?,11+/m0/s1. The first-order chi connectivity index (χ1) is 8.59. The number of amides is 1. The van der Waals surface area contributed by atoms with Crippen molar-refractivity contribution >= 4 is 11.9 Å². The van der Waals surface area contributed by atoms with Crippen LogP contribution in [0.15, 0.2) is 0 Å². The second-order valence-corrected chi connectivity index (χ2v) is 5.40. The normalized spacial score (nSPS) is 32.5. The SMILES string of the molecule is O=C(O)C1CCCN1C(=O)C[C@@H]1CCCC[C@H]1O. The van der Waals surface area contributed by atoms with E-state index in [1.54, 1.807) is 0 Å². The van der Waals surface area contributed by atoms with Crippen LogP contribution in [0.1, 0.15) is 44.9 Å². The summed E-state index contributed by atoms with van der Waals surface area (Å²) in [7, 11) is 0. The van der Waals surface area contributed by atoms with E-state index < -0.39 is 18.1 Å². The number of likely N-dealkylation sites (tertiary alicyclic amines) is 1. The van der Waals surface area contributed by atoms with Crippen LogP contribution in [-0.4, -0.2) is 45.7 Å². The van der Waals surface area contributed by atoms with Gasteiger partial charge in [0.1, 0.15) is 6.04 Å². The Bertz CT molecular complexity index is 331. The smallest absolute Gasteiger partial charge is 0.326 e. The fraction of sp³-hybridized carbons (Fsp3) is 0.846. The second kappa shape index (κ2) is 5.69. The highest BCUT2D eigenvalue weighted by Crippen LogP contribution is 2.29. The maximum absolute atomic E-state index is 12.1. The molecule has 18 heavy (non-hydrogen) atoms. The number of carbonyl (C=O) groups excluding carboxylic acids is 1. The van der Waals surface area contributed by atoms with Gasteiger partial charge in [-0.2, -0.15) is 0 Å². The molecule has 1 aliphatic heterocycles. The third kappa shape index (κ3) is 2.83. The van der Waals surface area contributed by atoms with Gasteiger partial charge >= 0.3 is 5.97 Å². The van der Waals surface area contributed by atoms with Gasteiger partial charge in [0.2, 0.25) is 5.91 Å². The van der Waals surface area contributed by atoms with E-state index in [0.29, 0.717) is 19.4 Å². The minimum atomic E-state index is -0.912. The van der Waals surface area contributed by atoms with Crippen molar-refractivity contribution in [1.29, 1.82) is 0 Å². The molecule has 5 heteroatoms. The Morgan fingerprint density at radius 2 is 1.83 bits per heavy atom. The number of hydrogen-bond donors (Lipinski definition) is 2. The van der Waals surface area contributed by atoms with Crippen molar-refractivity contribution in [3.8, 4) is 0 Å². The van der Waals surface area contributed by atoms with E-state index >= 15 is 0 Å². The molecule has 3 atom stereocenters. The van der Waals surface area contributed by atoms with Crippen LogP contribution in [-0.2, 0) is 9.59 Å². The summed E-state index contributed by atoms with van der Waals surface area (Å²) in [6, 6.07) is -0.654. The topological polar surface area (TPSA) is 77.8 Å². The Morgan fingerprint density at radius 3 is 2.50 bits per heavy atom. The summed E-state index contributed by atoms with van der Waals surface area (Å²) in [5, 5.41) is 18.9. The molecule has 0 aromatic rings. The molecule has 0 spiro atoms. The van der Waals surface area contributed by atoms with Crippen LogP contribution in [0.2, 0.25) is 0 Å². The number of rotatable bonds is 3. The van der Waals surface area contributed by atoms with Gasteiger partial charge in [0, 0.05) is 13.0 Å². The van der Waals surface area contributed by atoms with Crippen molar-refractivity contribution in [1.82, 2.24) is 4.90 Å². The van der Waals surface area contributed by atoms with Gasteiger partial charge in [-0.05, 0) is 31.6 Å². The number of carbonyl (C=O) groups is 2. The third-order valence-electron chi connectivity index (χ3n) is 4.16. The van der Waals surface area contributed by atoms with Crippen LogP contribution < -0.4 is 0 Å². The van der Waals surface area contributed by atoms with Crippen molar-refractivity contribution in [2.24, 2.45) is 5.92 Å². The van der Waals surface area contributed by atoms with E-state index in [1.165, 1.54) is 4.90 Å². The predicted octanol–water partition coefficient (Wildman–Crippen LogP) is 1.00. The second-order valence-electron chi connectivity index (χ2n) is 5.40. The Morgan fingerprint density at radius 1 is 1.11 bits per heavy atom. The first kappa shape index (κ1) is 13.3. The first-order valence-corrected chi connectivity index (χ1v) is 6.80. The van der Waals surface area contributed by atoms with Crippen LogP contribution in [0, 0.1) is 5.92 Å². The lowest BCUT2D eigenvalue weighted by Crippen LogP contribution is -2.42. The lowest BCUT2D eigenvalue weighted by atomic mass is 9.84. The summed E-state index contributed by atoms with van der Waals surface area (Å²) < 4.78 is 0. The average molecular weight is 255 g/mol. The fourth-order valence-electron chi connectivity index (χ4n) is 3.09. The van der Waals surface area contributed by atoms with E-state index in [2.05, 4.69) is 0 Å². The monoisotopic (exact) mass is 255 g/mol.